The molecule has 1 aliphatic heterocycles. The second-order valence-electron chi connectivity index (χ2n) is 7.82. The summed E-state index contributed by atoms with van der Waals surface area (Å²) < 4.78 is 0.861. The zero-order chi connectivity index (χ0) is 20.3. The van der Waals surface area contributed by atoms with Gasteiger partial charge in [0.15, 0.2) is 11.4 Å². The van der Waals surface area contributed by atoms with Crippen molar-refractivity contribution in [3.63, 3.8) is 0 Å². The van der Waals surface area contributed by atoms with Crippen LogP contribution in [-0.4, -0.2) is 42.6 Å². The van der Waals surface area contributed by atoms with E-state index in [0.29, 0.717) is 11.0 Å². The van der Waals surface area contributed by atoms with Crippen LogP contribution in [-0.2, 0) is 0 Å². The largest absolute Gasteiger partial charge is 0.389 e. The molecule has 3 nitrogen and oxygen atoms in total. The molecular weight excluding hydrogens is 418 g/mol. The molecule has 0 bridgehead atoms. The van der Waals surface area contributed by atoms with Crippen molar-refractivity contribution in [2.24, 2.45) is 5.73 Å². The van der Waals surface area contributed by atoms with Gasteiger partial charge in [-0.05, 0) is 45.5 Å². The normalized spacial score (nSPS) is 18.5. The molecular formula is C23H33ClN3S2+. The number of likely N-dealkylation sites (N-methyl/N-ethyl adjacent to an activating group) is 1. The summed E-state index contributed by atoms with van der Waals surface area (Å²) in [6, 6.07) is 15.8. The van der Waals surface area contributed by atoms with E-state index in [4.69, 9.17) is 18.0 Å². The Labute approximate surface area is 191 Å². The van der Waals surface area contributed by atoms with E-state index in [2.05, 4.69) is 75.2 Å². The van der Waals surface area contributed by atoms with Crippen LogP contribution >= 0.6 is 36.4 Å². The van der Waals surface area contributed by atoms with Gasteiger partial charge in [0.25, 0.3) is 0 Å². The summed E-state index contributed by atoms with van der Waals surface area (Å²) in [4.78, 5) is 5.60. The zero-order valence-corrected chi connectivity index (χ0v) is 20.3. The molecule has 2 atom stereocenters. The first kappa shape index (κ1) is 24.2. The number of nitrogens with zero attached hydrogens (tertiary/aromatic N) is 2. The first-order valence-corrected chi connectivity index (χ1v) is 11.4. The first-order chi connectivity index (χ1) is 13.4. The molecule has 2 aromatic rings. The molecule has 29 heavy (non-hydrogen) atoms. The number of quaternary nitrogens is 1. The summed E-state index contributed by atoms with van der Waals surface area (Å²) in [6.45, 7) is 10.1. The average Bonchev–Trinajstić information content (AvgIpc) is 2.67. The Hall–Kier alpha value is -1.11. The minimum Gasteiger partial charge on any atom is -0.389 e. The Morgan fingerprint density at radius 2 is 1.79 bits per heavy atom. The van der Waals surface area contributed by atoms with E-state index in [1.165, 1.54) is 27.6 Å². The van der Waals surface area contributed by atoms with Crippen LogP contribution in [0.4, 0.5) is 11.4 Å². The summed E-state index contributed by atoms with van der Waals surface area (Å²) in [5.74, 6) is 0. The Bertz CT molecular complexity index is 858. The van der Waals surface area contributed by atoms with Gasteiger partial charge in [-0.15, -0.1) is 12.4 Å². The van der Waals surface area contributed by atoms with Crippen LogP contribution in [0.2, 0.25) is 0 Å². The molecule has 0 saturated heterocycles. The Morgan fingerprint density at radius 3 is 2.45 bits per heavy atom. The molecule has 1 heterocycles. The van der Waals surface area contributed by atoms with Gasteiger partial charge in [0.05, 0.1) is 22.9 Å². The predicted molar refractivity (Wildman–Crippen MR) is 134 cm³/mol. The van der Waals surface area contributed by atoms with Gasteiger partial charge >= 0.3 is 0 Å². The molecule has 158 valence electrons. The lowest BCUT2D eigenvalue weighted by Crippen LogP contribution is -2.57. The molecule has 0 saturated carbocycles. The van der Waals surface area contributed by atoms with Gasteiger partial charge in [0.1, 0.15) is 11.0 Å². The number of nitrogens with two attached hydrogens (primary N) is 1. The zero-order valence-electron chi connectivity index (χ0n) is 17.9. The van der Waals surface area contributed by atoms with Crippen molar-refractivity contribution in [3.8, 4) is 0 Å². The number of hydrogen-bond acceptors (Lipinski definition) is 3. The second kappa shape index (κ2) is 10.3. The maximum atomic E-state index is 6.01. The van der Waals surface area contributed by atoms with Gasteiger partial charge < -0.3 is 10.6 Å². The van der Waals surface area contributed by atoms with E-state index in [-0.39, 0.29) is 12.4 Å². The van der Waals surface area contributed by atoms with E-state index in [1.54, 1.807) is 0 Å². The van der Waals surface area contributed by atoms with Gasteiger partial charge in [-0.25, -0.2) is 0 Å². The number of thiocarbonyl (C=S) groups is 1. The standard InChI is InChI=1S/C23H31N3S2.ClH/c1-5-13-25(4)16-17(3)26(14-6-2)19-9-7-8-10-21(19)28-22-12-11-18(23(24)27)15-20(22)26;/h7-12,15,17H,5-6,13-14,16H2,1-4H3,(H-,24,27);1H/p+1. The average molecular weight is 451 g/mol. The van der Waals surface area contributed by atoms with Crippen molar-refractivity contribution in [1.82, 2.24) is 9.38 Å². The van der Waals surface area contributed by atoms with Crippen molar-refractivity contribution in [3.05, 3.63) is 48.0 Å². The summed E-state index contributed by atoms with van der Waals surface area (Å²) in [6.07, 6.45) is 2.28. The molecule has 0 radical (unpaired) electrons. The lowest BCUT2D eigenvalue weighted by molar-refractivity contribution is 0.214. The highest BCUT2D eigenvalue weighted by molar-refractivity contribution is 7.99. The highest BCUT2D eigenvalue weighted by Crippen LogP contribution is 2.54. The van der Waals surface area contributed by atoms with Crippen LogP contribution in [0.15, 0.2) is 52.3 Å². The van der Waals surface area contributed by atoms with Crippen LogP contribution in [0.25, 0.3) is 0 Å². The second-order valence-corrected chi connectivity index (χ2v) is 9.34. The number of fused-ring (bicyclic) bond motifs is 2. The molecule has 2 aromatic carbocycles. The number of benzene rings is 2. The number of para-hydroxylation sites is 1. The molecule has 2 unspecified atom stereocenters. The van der Waals surface area contributed by atoms with E-state index in [0.717, 1.165) is 36.1 Å². The quantitative estimate of drug-likeness (QED) is 0.395. The van der Waals surface area contributed by atoms with Gasteiger partial charge in [-0.1, -0.05) is 56.0 Å². The maximum Gasteiger partial charge on any atom is 0.153 e. The van der Waals surface area contributed by atoms with Crippen molar-refractivity contribution in [1.29, 1.82) is 0 Å². The topological polar surface area (TPSA) is 29.3 Å². The third-order valence-corrected chi connectivity index (χ3v) is 7.06. The maximum absolute atomic E-state index is 6.01. The molecule has 3 rings (SSSR count). The summed E-state index contributed by atoms with van der Waals surface area (Å²) >= 11 is 7.17. The fourth-order valence-corrected chi connectivity index (χ4v) is 5.85. The lowest BCUT2D eigenvalue weighted by Gasteiger charge is -2.47. The Kier molecular flexibility index (Phi) is 8.56. The summed E-state index contributed by atoms with van der Waals surface area (Å²) in [7, 11) is 2.24. The smallest absolute Gasteiger partial charge is 0.153 e. The highest BCUT2D eigenvalue weighted by atomic mass is 35.5. The predicted octanol–water partition coefficient (Wildman–Crippen LogP) is 5.99. The molecule has 0 amide bonds. The fraction of sp³-hybridized carbons (Fsp3) is 0.435. The Balaban J connectivity index is 0.00000300. The van der Waals surface area contributed by atoms with Gasteiger partial charge in [0, 0.05) is 17.7 Å². The monoisotopic (exact) mass is 450 g/mol. The van der Waals surface area contributed by atoms with Gasteiger partial charge in [-0.2, -0.15) is 0 Å². The first-order valence-electron chi connectivity index (χ1n) is 10.2. The van der Waals surface area contributed by atoms with E-state index >= 15 is 0 Å². The van der Waals surface area contributed by atoms with Crippen LogP contribution in [0, 0.1) is 0 Å². The minimum absolute atomic E-state index is 0. The van der Waals surface area contributed by atoms with Crippen LogP contribution < -0.4 is 10.2 Å². The molecule has 6 heteroatoms. The third kappa shape index (κ3) is 4.64. The van der Waals surface area contributed by atoms with E-state index in [1.807, 2.05) is 11.8 Å². The van der Waals surface area contributed by atoms with Crippen LogP contribution in [0.3, 0.4) is 0 Å². The molecule has 0 aliphatic carbocycles. The van der Waals surface area contributed by atoms with Gasteiger partial charge in [-0.3, -0.25) is 4.48 Å². The number of hydrogen-bond donors (Lipinski definition) is 1. The lowest BCUT2D eigenvalue weighted by atomic mass is 10.0. The number of rotatable bonds is 8. The minimum atomic E-state index is 0. The van der Waals surface area contributed by atoms with Crippen molar-refractivity contribution in [2.45, 2.75) is 49.4 Å². The summed E-state index contributed by atoms with van der Waals surface area (Å²) in [5.41, 5.74) is 9.71. The van der Waals surface area contributed by atoms with Crippen molar-refractivity contribution >= 4 is 52.8 Å². The van der Waals surface area contributed by atoms with Crippen LogP contribution in [0.5, 0.6) is 0 Å². The molecule has 0 fully saturated rings. The molecule has 0 spiro atoms. The summed E-state index contributed by atoms with van der Waals surface area (Å²) in [5, 5.41) is 0. The fourth-order valence-electron chi connectivity index (χ4n) is 4.54. The van der Waals surface area contributed by atoms with Crippen molar-refractivity contribution < 1.29 is 0 Å². The van der Waals surface area contributed by atoms with Crippen molar-refractivity contribution in [2.75, 3.05) is 26.7 Å². The van der Waals surface area contributed by atoms with Crippen LogP contribution in [0.1, 0.15) is 39.2 Å². The third-order valence-electron chi connectivity index (χ3n) is 5.70. The van der Waals surface area contributed by atoms with Gasteiger partial charge in [0.2, 0.25) is 0 Å². The molecule has 0 aromatic heterocycles. The van der Waals surface area contributed by atoms with E-state index < -0.39 is 0 Å². The van der Waals surface area contributed by atoms with E-state index in [9.17, 15) is 0 Å². The number of halogens is 1. The Morgan fingerprint density at radius 1 is 1.10 bits per heavy atom. The SMILES string of the molecule is CCCN(C)CC(C)[N+]1(CCC)c2ccccc2Sc2ccc(C(N)=S)cc21.Cl. The highest BCUT2D eigenvalue weighted by Gasteiger charge is 2.45. The molecule has 1 aliphatic rings. The molecule has 2 N–H and O–H groups in total.